The van der Waals surface area contributed by atoms with Crippen molar-refractivity contribution < 1.29 is 18.3 Å². The maximum absolute atomic E-state index is 14.5. The molecule has 5 nitrogen and oxygen atoms in total. The first-order valence-corrected chi connectivity index (χ1v) is 7.87. The Labute approximate surface area is 149 Å². The van der Waals surface area contributed by atoms with Crippen molar-refractivity contribution in [2.75, 3.05) is 12.4 Å². The molecule has 0 fully saturated rings. The van der Waals surface area contributed by atoms with Gasteiger partial charge in [-0.15, -0.1) is 0 Å². The summed E-state index contributed by atoms with van der Waals surface area (Å²) in [5, 5.41) is 6.79. The van der Waals surface area contributed by atoms with Crippen molar-refractivity contribution >= 4 is 11.6 Å². The second kappa shape index (κ2) is 6.95. The van der Waals surface area contributed by atoms with E-state index in [4.69, 9.17) is 4.74 Å². The fourth-order valence-electron chi connectivity index (χ4n) is 2.64. The van der Waals surface area contributed by atoms with Crippen LogP contribution < -0.4 is 10.1 Å². The minimum absolute atomic E-state index is 0.0434. The van der Waals surface area contributed by atoms with E-state index in [1.165, 1.54) is 36.1 Å². The number of carbonyl (C=O) groups is 1. The van der Waals surface area contributed by atoms with Crippen molar-refractivity contribution in [3.8, 4) is 11.4 Å². The monoisotopic (exact) mass is 357 g/mol. The van der Waals surface area contributed by atoms with Crippen molar-refractivity contribution in [3.63, 3.8) is 0 Å². The molecule has 0 unspecified atom stereocenters. The van der Waals surface area contributed by atoms with Crippen LogP contribution in [0.4, 0.5) is 14.5 Å². The smallest absolute Gasteiger partial charge is 0.255 e. The zero-order valence-electron chi connectivity index (χ0n) is 14.5. The molecule has 3 rings (SSSR count). The van der Waals surface area contributed by atoms with Gasteiger partial charge in [-0.05, 0) is 56.3 Å². The molecule has 0 saturated carbocycles. The summed E-state index contributed by atoms with van der Waals surface area (Å²) in [6, 6.07) is 9.98. The minimum atomic E-state index is -0.647. The highest BCUT2D eigenvalue weighted by Crippen LogP contribution is 2.22. The third kappa shape index (κ3) is 3.42. The van der Waals surface area contributed by atoms with E-state index in [1.54, 1.807) is 6.07 Å². The lowest BCUT2D eigenvalue weighted by molar-refractivity contribution is 0.102. The second-order valence-corrected chi connectivity index (χ2v) is 5.81. The van der Waals surface area contributed by atoms with Crippen LogP contribution in [-0.2, 0) is 0 Å². The van der Waals surface area contributed by atoms with Crippen LogP contribution >= 0.6 is 0 Å². The van der Waals surface area contributed by atoms with Crippen LogP contribution in [0.15, 0.2) is 42.5 Å². The predicted octanol–water partition coefficient (Wildman–Crippen LogP) is 4.03. The SMILES string of the molecule is COc1ccc(C(=O)Nc2ccc(-n3nc(C)cc3C)c(F)c2)cc1F. The number of nitrogens with zero attached hydrogens (tertiary/aromatic N) is 2. The molecule has 0 aliphatic rings. The second-order valence-electron chi connectivity index (χ2n) is 5.81. The zero-order chi connectivity index (χ0) is 18.8. The Morgan fingerprint density at radius 1 is 1.08 bits per heavy atom. The van der Waals surface area contributed by atoms with Gasteiger partial charge in [0.15, 0.2) is 17.4 Å². The van der Waals surface area contributed by atoms with Gasteiger partial charge in [-0.25, -0.2) is 13.5 Å². The van der Waals surface area contributed by atoms with Gasteiger partial charge in [-0.1, -0.05) is 0 Å². The maximum atomic E-state index is 14.5. The van der Waals surface area contributed by atoms with Gasteiger partial charge in [0.25, 0.3) is 5.91 Å². The number of aryl methyl sites for hydroxylation is 2. The van der Waals surface area contributed by atoms with Crippen LogP contribution in [0.3, 0.4) is 0 Å². The molecule has 134 valence electrons. The topological polar surface area (TPSA) is 56.1 Å². The highest BCUT2D eigenvalue weighted by Gasteiger charge is 2.13. The van der Waals surface area contributed by atoms with Crippen molar-refractivity contribution in [2.45, 2.75) is 13.8 Å². The van der Waals surface area contributed by atoms with Gasteiger partial charge in [0.05, 0.1) is 12.8 Å². The number of methoxy groups -OCH3 is 1. The highest BCUT2D eigenvalue weighted by molar-refractivity contribution is 6.04. The molecule has 0 atom stereocenters. The molecule has 7 heteroatoms. The average molecular weight is 357 g/mol. The molecular weight excluding hydrogens is 340 g/mol. The molecule has 0 saturated heterocycles. The summed E-state index contributed by atoms with van der Waals surface area (Å²) in [5.74, 6) is -1.69. The third-order valence-electron chi connectivity index (χ3n) is 3.86. The molecule has 1 amide bonds. The molecule has 0 spiro atoms. The number of nitrogens with one attached hydrogen (secondary N) is 1. The first-order valence-electron chi connectivity index (χ1n) is 7.87. The van der Waals surface area contributed by atoms with E-state index in [0.717, 1.165) is 17.5 Å². The summed E-state index contributed by atoms with van der Waals surface area (Å²) >= 11 is 0. The fraction of sp³-hybridized carbons (Fsp3) is 0.158. The molecule has 0 radical (unpaired) electrons. The average Bonchev–Trinajstić information content (AvgIpc) is 2.93. The van der Waals surface area contributed by atoms with Gasteiger partial charge in [0, 0.05) is 16.9 Å². The van der Waals surface area contributed by atoms with Gasteiger partial charge >= 0.3 is 0 Å². The summed E-state index contributed by atoms with van der Waals surface area (Å²) in [7, 11) is 1.34. The van der Waals surface area contributed by atoms with Gasteiger partial charge < -0.3 is 10.1 Å². The summed E-state index contributed by atoms with van der Waals surface area (Å²) in [4.78, 5) is 12.2. The Bertz CT molecular complexity index is 983. The number of halogens is 2. The summed E-state index contributed by atoms with van der Waals surface area (Å²) in [5.41, 5.74) is 2.22. The number of hydrogen-bond acceptors (Lipinski definition) is 3. The first-order chi connectivity index (χ1) is 12.4. The Hall–Kier alpha value is -3.22. The number of amides is 1. The highest BCUT2D eigenvalue weighted by atomic mass is 19.1. The van der Waals surface area contributed by atoms with Crippen molar-refractivity contribution in [3.05, 3.63) is 71.1 Å². The lowest BCUT2D eigenvalue weighted by Gasteiger charge is -2.10. The van der Waals surface area contributed by atoms with Crippen molar-refractivity contribution in [1.82, 2.24) is 9.78 Å². The molecule has 2 aromatic carbocycles. The molecule has 1 aromatic heterocycles. The van der Waals surface area contributed by atoms with Gasteiger partial charge in [-0.3, -0.25) is 4.79 Å². The zero-order valence-corrected chi connectivity index (χ0v) is 14.5. The molecule has 1 heterocycles. The number of ether oxygens (including phenoxy) is 1. The van der Waals surface area contributed by atoms with Gasteiger partial charge in [0.2, 0.25) is 0 Å². The number of anilines is 1. The van der Waals surface area contributed by atoms with Crippen molar-refractivity contribution in [1.29, 1.82) is 0 Å². The number of hydrogen-bond donors (Lipinski definition) is 1. The molecule has 0 bridgehead atoms. The van der Waals surface area contributed by atoms with Crippen LogP contribution in [0.25, 0.3) is 5.69 Å². The molecule has 0 aliphatic carbocycles. The molecular formula is C19H17F2N3O2. The van der Waals surface area contributed by atoms with E-state index in [2.05, 4.69) is 10.4 Å². The van der Waals surface area contributed by atoms with E-state index in [1.807, 2.05) is 19.9 Å². The van der Waals surface area contributed by atoms with Crippen LogP contribution in [-0.4, -0.2) is 22.8 Å². The maximum Gasteiger partial charge on any atom is 0.255 e. The van der Waals surface area contributed by atoms with Gasteiger partial charge in [0.1, 0.15) is 5.69 Å². The Morgan fingerprint density at radius 2 is 1.85 bits per heavy atom. The van der Waals surface area contributed by atoms with E-state index >= 15 is 0 Å². The number of aromatic nitrogens is 2. The standard InChI is InChI=1S/C19H17F2N3O2/c1-11-8-12(2)24(23-11)17-6-5-14(10-15(17)20)22-19(25)13-4-7-18(26-3)16(21)9-13/h4-10H,1-3H3,(H,22,25). The lowest BCUT2D eigenvalue weighted by Crippen LogP contribution is -2.13. The van der Waals surface area contributed by atoms with E-state index in [9.17, 15) is 13.6 Å². The Kier molecular flexibility index (Phi) is 4.71. The Balaban J connectivity index is 1.82. The lowest BCUT2D eigenvalue weighted by atomic mass is 10.2. The number of benzene rings is 2. The number of rotatable bonds is 4. The van der Waals surface area contributed by atoms with Crippen molar-refractivity contribution in [2.24, 2.45) is 0 Å². The summed E-state index contributed by atoms with van der Waals surface area (Å²) < 4.78 is 34.5. The van der Waals surface area contributed by atoms with Crippen LogP contribution in [0.1, 0.15) is 21.7 Å². The van der Waals surface area contributed by atoms with Gasteiger partial charge in [-0.2, -0.15) is 5.10 Å². The normalized spacial score (nSPS) is 10.7. The molecule has 0 aliphatic heterocycles. The summed E-state index contributed by atoms with van der Waals surface area (Å²) in [6.45, 7) is 3.65. The quantitative estimate of drug-likeness (QED) is 0.767. The van der Waals surface area contributed by atoms with E-state index in [-0.39, 0.29) is 22.7 Å². The fourth-order valence-corrected chi connectivity index (χ4v) is 2.64. The molecule has 1 N–H and O–H groups in total. The molecule has 26 heavy (non-hydrogen) atoms. The van der Waals surface area contributed by atoms with Crippen LogP contribution in [0.2, 0.25) is 0 Å². The van der Waals surface area contributed by atoms with Crippen LogP contribution in [0, 0.1) is 25.5 Å². The first kappa shape index (κ1) is 17.6. The molecule has 3 aromatic rings. The minimum Gasteiger partial charge on any atom is -0.494 e. The summed E-state index contributed by atoms with van der Waals surface area (Å²) in [6.07, 6.45) is 0. The number of carbonyl (C=O) groups excluding carboxylic acids is 1. The van der Waals surface area contributed by atoms with E-state index in [0.29, 0.717) is 0 Å². The largest absolute Gasteiger partial charge is 0.494 e. The van der Waals surface area contributed by atoms with Crippen LogP contribution in [0.5, 0.6) is 5.75 Å². The third-order valence-corrected chi connectivity index (χ3v) is 3.86. The predicted molar refractivity (Wildman–Crippen MR) is 93.9 cm³/mol. The Morgan fingerprint density at radius 3 is 2.42 bits per heavy atom. The van der Waals surface area contributed by atoms with E-state index < -0.39 is 17.5 Å².